The number of anilines is 1. The Morgan fingerprint density at radius 3 is 2.17 bits per heavy atom. The molecule has 1 aliphatic carbocycles. The van der Waals surface area contributed by atoms with Gasteiger partial charge in [-0.3, -0.25) is 0 Å². The minimum Gasteiger partial charge on any atom is -0.376 e. The highest BCUT2D eigenvalue weighted by molar-refractivity contribution is 7.96. The van der Waals surface area contributed by atoms with Crippen LogP contribution in [-0.4, -0.2) is 55.0 Å². The van der Waals surface area contributed by atoms with E-state index in [0.29, 0.717) is 37.0 Å². The van der Waals surface area contributed by atoms with E-state index >= 15 is 0 Å². The Morgan fingerprint density at radius 1 is 1.07 bits per heavy atom. The van der Waals surface area contributed by atoms with Crippen molar-refractivity contribution in [3.8, 4) is 0 Å². The fourth-order valence-electron chi connectivity index (χ4n) is 3.24. The van der Waals surface area contributed by atoms with Gasteiger partial charge in [-0.05, 0) is 30.7 Å². The molecule has 0 spiro atoms. The van der Waals surface area contributed by atoms with E-state index in [1.54, 1.807) is 12.2 Å². The summed E-state index contributed by atoms with van der Waals surface area (Å²) in [5, 5.41) is 9.76. The summed E-state index contributed by atoms with van der Waals surface area (Å²) in [5.41, 5.74) is -2.52. The summed E-state index contributed by atoms with van der Waals surface area (Å²) >= 11 is 5.18. The Balaban J connectivity index is 1.69. The van der Waals surface area contributed by atoms with Crippen molar-refractivity contribution in [1.82, 2.24) is 4.31 Å². The standard InChI is InChI=1S/C19H21F3N2O3S2/c1-18(25,19(20,21)22)14-6-8-15(9-7-14)23-10-12-24(13-11-23)29(26,27)17-5-3-2-4-16(17)28/h2-3,5-9,25H,4,10-13H2,1H3/t18-/m1/s1. The number of thiocarbonyl (C=S) groups is 1. The highest BCUT2D eigenvalue weighted by Gasteiger charge is 2.51. The third-order valence-electron chi connectivity index (χ3n) is 5.16. The minimum atomic E-state index is -4.78. The Hall–Kier alpha value is -1.75. The van der Waals surface area contributed by atoms with Gasteiger partial charge in [-0.15, -0.1) is 0 Å². The number of hydrogen-bond acceptors (Lipinski definition) is 5. The van der Waals surface area contributed by atoms with Gasteiger partial charge in [0.25, 0.3) is 0 Å². The molecule has 10 heteroatoms. The number of alkyl halides is 3. The summed E-state index contributed by atoms with van der Waals surface area (Å²) in [5.74, 6) is 0. The number of hydrogen-bond donors (Lipinski definition) is 1. The molecule has 1 aromatic carbocycles. The molecule has 1 atom stereocenters. The van der Waals surface area contributed by atoms with Crippen LogP contribution >= 0.6 is 12.2 Å². The number of allylic oxidation sites excluding steroid dienone is 4. The summed E-state index contributed by atoms with van der Waals surface area (Å²) in [7, 11) is -3.67. The Kier molecular flexibility index (Phi) is 5.92. The van der Waals surface area contributed by atoms with Crippen LogP contribution in [0.4, 0.5) is 18.9 Å². The first-order valence-electron chi connectivity index (χ1n) is 8.99. The monoisotopic (exact) mass is 446 g/mol. The Bertz CT molecular complexity index is 944. The van der Waals surface area contributed by atoms with E-state index in [2.05, 4.69) is 0 Å². The molecule has 29 heavy (non-hydrogen) atoms. The molecule has 5 nitrogen and oxygen atoms in total. The first-order chi connectivity index (χ1) is 13.4. The van der Waals surface area contributed by atoms with Crippen LogP contribution in [0.1, 0.15) is 18.9 Å². The molecule has 0 aromatic heterocycles. The van der Waals surface area contributed by atoms with Gasteiger partial charge in [0, 0.05) is 43.2 Å². The zero-order valence-corrected chi connectivity index (χ0v) is 17.3. The van der Waals surface area contributed by atoms with Crippen molar-refractivity contribution in [2.45, 2.75) is 25.1 Å². The number of sulfonamides is 1. The van der Waals surface area contributed by atoms with Crippen LogP contribution < -0.4 is 4.90 Å². The molecule has 2 aliphatic rings. The van der Waals surface area contributed by atoms with Gasteiger partial charge in [0.2, 0.25) is 10.0 Å². The zero-order valence-electron chi connectivity index (χ0n) is 15.7. The minimum absolute atomic E-state index is 0.155. The van der Waals surface area contributed by atoms with Gasteiger partial charge in [-0.25, -0.2) is 8.42 Å². The fraction of sp³-hybridized carbons (Fsp3) is 0.421. The number of benzene rings is 1. The number of piperazine rings is 1. The molecule has 0 bridgehead atoms. The van der Waals surface area contributed by atoms with Gasteiger partial charge in [0.05, 0.1) is 4.91 Å². The first-order valence-corrected chi connectivity index (χ1v) is 10.8. The molecule has 1 aliphatic heterocycles. The van der Waals surface area contributed by atoms with Crippen molar-refractivity contribution in [3.05, 3.63) is 53.0 Å². The largest absolute Gasteiger partial charge is 0.421 e. The van der Waals surface area contributed by atoms with E-state index in [-0.39, 0.29) is 23.6 Å². The number of aliphatic hydroxyl groups is 1. The summed E-state index contributed by atoms with van der Waals surface area (Å²) < 4.78 is 65.9. The summed E-state index contributed by atoms with van der Waals surface area (Å²) in [6.07, 6.45) is 0.640. The summed E-state index contributed by atoms with van der Waals surface area (Å²) in [4.78, 5) is 2.44. The van der Waals surface area contributed by atoms with E-state index in [1.807, 2.05) is 4.90 Å². The summed E-state index contributed by atoms with van der Waals surface area (Å²) in [6, 6.07) is 5.49. The Labute approximate surface area is 173 Å². The normalized spacial score (nSPS) is 21.1. The van der Waals surface area contributed by atoms with Gasteiger partial charge in [-0.2, -0.15) is 17.5 Å². The smallest absolute Gasteiger partial charge is 0.376 e. The molecule has 0 saturated carbocycles. The second-order valence-corrected chi connectivity index (χ2v) is 9.49. The van der Waals surface area contributed by atoms with Crippen LogP contribution in [0.15, 0.2) is 47.4 Å². The molecular formula is C19H21F3N2O3S2. The topological polar surface area (TPSA) is 60.9 Å². The molecule has 1 saturated heterocycles. The van der Waals surface area contributed by atoms with Crippen molar-refractivity contribution in [2.75, 3.05) is 31.1 Å². The second-order valence-electron chi connectivity index (χ2n) is 7.09. The average molecular weight is 447 g/mol. The SMILES string of the molecule is C[C@@](O)(c1ccc(N2CCN(S(=O)(=O)C3=CC=CCC3=S)CC2)cc1)C(F)(F)F. The lowest BCUT2D eigenvalue weighted by Crippen LogP contribution is -2.49. The maximum Gasteiger partial charge on any atom is 0.421 e. The van der Waals surface area contributed by atoms with Gasteiger partial charge < -0.3 is 10.0 Å². The van der Waals surface area contributed by atoms with Crippen LogP contribution in [0, 0.1) is 0 Å². The maximum absolute atomic E-state index is 13.0. The third-order valence-corrected chi connectivity index (χ3v) is 7.66. The van der Waals surface area contributed by atoms with Gasteiger partial charge in [0.15, 0.2) is 5.60 Å². The quantitative estimate of drug-likeness (QED) is 0.721. The van der Waals surface area contributed by atoms with E-state index in [4.69, 9.17) is 12.2 Å². The number of halogens is 3. The van der Waals surface area contributed by atoms with Crippen molar-refractivity contribution in [2.24, 2.45) is 0 Å². The van der Waals surface area contributed by atoms with Gasteiger partial charge >= 0.3 is 6.18 Å². The van der Waals surface area contributed by atoms with E-state index < -0.39 is 21.8 Å². The molecule has 0 amide bonds. The average Bonchev–Trinajstić information content (AvgIpc) is 2.67. The molecule has 3 rings (SSSR count). The maximum atomic E-state index is 13.0. The lowest BCUT2D eigenvalue weighted by molar-refractivity contribution is -0.258. The molecule has 1 N–H and O–H groups in total. The predicted molar refractivity (Wildman–Crippen MR) is 109 cm³/mol. The molecule has 1 heterocycles. The molecule has 158 valence electrons. The van der Waals surface area contributed by atoms with Crippen LogP contribution in [0.3, 0.4) is 0 Å². The summed E-state index contributed by atoms with van der Waals surface area (Å²) in [6.45, 7) is 1.99. The van der Waals surface area contributed by atoms with E-state index in [1.165, 1.54) is 34.6 Å². The van der Waals surface area contributed by atoms with Crippen LogP contribution in [0.25, 0.3) is 0 Å². The van der Waals surface area contributed by atoms with Crippen LogP contribution in [-0.2, 0) is 15.6 Å². The molecule has 0 unspecified atom stereocenters. The van der Waals surface area contributed by atoms with Gasteiger partial charge in [0.1, 0.15) is 0 Å². The van der Waals surface area contributed by atoms with E-state index in [9.17, 15) is 26.7 Å². The predicted octanol–water partition coefficient (Wildman–Crippen LogP) is 3.12. The highest BCUT2D eigenvalue weighted by atomic mass is 32.2. The van der Waals surface area contributed by atoms with Crippen molar-refractivity contribution < 1.29 is 26.7 Å². The third kappa shape index (κ3) is 4.25. The molecule has 1 fully saturated rings. The van der Waals surface area contributed by atoms with Crippen LogP contribution in [0.2, 0.25) is 0 Å². The van der Waals surface area contributed by atoms with Crippen molar-refractivity contribution in [1.29, 1.82) is 0 Å². The second kappa shape index (κ2) is 7.82. The molecule has 1 aromatic rings. The highest BCUT2D eigenvalue weighted by Crippen LogP contribution is 2.39. The van der Waals surface area contributed by atoms with E-state index in [0.717, 1.165) is 0 Å². The lowest BCUT2D eigenvalue weighted by Gasteiger charge is -2.36. The first kappa shape index (κ1) is 21.9. The molecule has 0 radical (unpaired) electrons. The lowest BCUT2D eigenvalue weighted by atomic mass is 9.95. The van der Waals surface area contributed by atoms with Crippen LogP contribution in [0.5, 0.6) is 0 Å². The Morgan fingerprint density at radius 2 is 1.66 bits per heavy atom. The van der Waals surface area contributed by atoms with Crippen molar-refractivity contribution in [3.63, 3.8) is 0 Å². The number of nitrogens with zero attached hydrogens (tertiary/aromatic N) is 2. The zero-order chi connectivity index (χ0) is 21.4. The van der Waals surface area contributed by atoms with Crippen molar-refractivity contribution >= 4 is 32.8 Å². The van der Waals surface area contributed by atoms with Gasteiger partial charge in [-0.1, -0.05) is 36.5 Å². The molecular weight excluding hydrogens is 425 g/mol. The number of rotatable bonds is 4. The fourth-order valence-corrected chi connectivity index (χ4v) is 5.26.